The number of pyridine rings is 1. The van der Waals surface area contributed by atoms with Crippen molar-refractivity contribution in [3.05, 3.63) is 28.5 Å². The van der Waals surface area contributed by atoms with Crippen LogP contribution in [-0.2, 0) is 6.54 Å². The Morgan fingerprint density at radius 1 is 1.28 bits per heavy atom. The summed E-state index contributed by atoms with van der Waals surface area (Å²) < 4.78 is 1.06. The van der Waals surface area contributed by atoms with E-state index in [0.717, 1.165) is 11.0 Å². The van der Waals surface area contributed by atoms with Gasteiger partial charge in [0, 0.05) is 23.8 Å². The highest BCUT2D eigenvalue weighted by atomic mass is 79.9. The second-order valence-electron chi connectivity index (χ2n) is 5.68. The fourth-order valence-corrected chi connectivity index (χ4v) is 3.49. The molecule has 2 saturated heterocycles. The maximum atomic E-state index is 4.47. The predicted octanol–water partition coefficient (Wildman–Crippen LogP) is 2.42. The van der Waals surface area contributed by atoms with E-state index >= 15 is 0 Å². The summed E-state index contributed by atoms with van der Waals surface area (Å²) in [6.07, 6.45) is 5.95. The zero-order chi connectivity index (χ0) is 12.4. The highest BCUT2D eigenvalue weighted by Gasteiger charge is 2.38. The van der Waals surface area contributed by atoms with Crippen LogP contribution in [0.5, 0.6) is 0 Å². The lowest BCUT2D eigenvalue weighted by Crippen LogP contribution is -2.38. The minimum Gasteiger partial charge on any atom is -0.317 e. The summed E-state index contributed by atoms with van der Waals surface area (Å²) in [7, 11) is 0. The van der Waals surface area contributed by atoms with E-state index in [4.69, 9.17) is 0 Å². The summed E-state index contributed by atoms with van der Waals surface area (Å²) in [6, 6.07) is 4.20. The molecule has 3 rings (SSSR count). The smallest absolute Gasteiger partial charge is 0.0544 e. The van der Waals surface area contributed by atoms with E-state index < -0.39 is 0 Å². The van der Waals surface area contributed by atoms with Crippen molar-refractivity contribution in [2.24, 2.45) is 5.41 Å². The van der Waals surface area contributed by atoms with E-state index in [1.807, 2.05) is 6.20 Å². The van der Waals surface area contributed by atoms with Crippen molar-refractivity contribution in [1.82, 2.24) is 15.2 Å². The van der Waals surface area contributed by atoms with Crippen molar-refractivity contribution >= 4 is 15.9 Å². The van der Waals surface area contributed by atoms with Gasteiger partial charge in [-0.2, -0.15) is 0 Å². The molecule has 1 aromatic rings. The fraction of sp³-hybridized carbons (Fsp3) is 0.643. The largest absolute Gasteiger partial charge is 0.317 e. The Morgan fingerprint density at radius 3 is 2.83 bits per heavy atom. The minimum absolute atomic E-state index is 0.598. The lowest BCUT2D eigenvalue weighted by molar-refractivity contribution is 0.193. The van der Waals surface area contributed by atoms with Gasteiger partial charge >= 0.3 is 0 Å². The molecule has 1 N–H and O–H groups in total. The minimum atomic E-state index is 0.598. The second-order valence-corrected chi connectivity index (χ2v) is 6.59. The normalized spacial score (nSPS) is 23.6. The molecule has 98 valence electrons. The third-order valence-electron chi connectivity index (χ3n) is 4.36. The standard InChI is InChI=1S/C14H20BrN3/c15-12-1-2-13(17-9-12)10-18-8-5-14(11-18)3-6-16-7-4-14/h1-2,9,16H,3-8,10-11H2. The summed E-state index contributed by atoms with van der Waals surface area (Å²) in [6.45, 7) is 5.89. The molecule has 0 atom stereocenters. The van der Waals surface area contributed by atoms with Crippen molar-refractivity contribution in [3.63, 3.8) is 0 Å². The van der Waals surface area contributed by atoms with E-state index in [0.29, 0.717) is 5.41 Å². The number of nitrogens with zero attached hydrogens (tertiary/aromatic N) is 2. The van der Waals surface area contributed by atoms with Gasteiger partial charge in [-0.25, -0.2) is 0 Å². The number of rotatable bonds is 2. The van der Waals surface area contributed by atoms with Crippen molar-refractivity contribution in [1.29, 1.82) is 0 Å². The molecule has 0 saturated carbocycles. The van der Waals surface area contributed by atoms with E-state index in [9.17, 15) is 0 Å². The summed E-state index contributed by atoms with van der Waals surface area (Å²) in [4.78, 5) is 7.05. The first-order valence-electron chi connectivity index (χ1n) is 6.79. The number of piperidine rings is 1. The number of likely N-dealkylation sites (tertiary alicyclic amines) is 1. The van der Waals surface area contributed by atoms with Gasteiger partial charge in [0.1, 0.15) is 0 Å². The van der Waals surface area contributed by atoms with Gasteiger partial charge in [-0.15, -0.1) is 0 Å². The Kier molecular flexibility index (Phi) is 3.68. The Labute approximate surface area is 117 Å². The maximum Gasteiger partial charge on any atom is 0.0544 e. The molecule has 0 unspecified atom stereocenters. The molecule has 0 aromatic carbocycles. The third-order valence-corrected chi connectivity index (χ3v) is 4.82. The van der Waals surface area contributed by atoms with Gasteiger partial charge in [0.2, 0.25) is 0 Å². The summed E-state index contributed by atoms with van der Waals surface area (Å²) in [5, 5.41) is 3.47. The molecular formula is C14H20BrN3. The van der Waals surface area contributed by atoms with Crippen molar-refractivity contribution in [3.8, 4) is 0 Å². The molecular weight excluding hydrogens is 290 g/mol. The van der Waals surface area contributed by atoms with Gasteiger partial charge in [-0.05, 0) is 72.4 Å². The highest BCUT2D eigenvalue weighted by Crippen LogP contribution is 2.38. The number of aromatic nitrogens is 1. The Bertz CT molecular complexity index is 398. The molecule has 3 heterocycles. The van der Waals surface area contributed by atoms with Crippen LogP contribution in [-0.4, -0.2) is 36.1 Å². The van der Waals surface area contributed by atoms with Crippen LogP contribution in [0.3, 0.4) is 0 Å². The Hall–Kier alpha value is -0.450. The second kappa shape index (κ2) is 5.27. The lowest BCUT2D eigenvalue weighted by Gasteiger charge is -2.33. The average molecular weight is 310 g/mol. The van der Waals surface area contributed by atoms with Crippen molar-refractivity contribution < 1.29 is 0 Å². The van der Waals surface area contributed by atoms with E-state index in [-0.39, 0.29) is 0 Å². The predicted molar refractivity (Wildman–Crippen MR) is 76.4 cm³/mol. The number of hydrogen-bond acceptors (Lipinski definition) is 3. The molecule has 0 bridgehead atoms. The van der Waals surface area contributed by atoms with Crippen LogP contribution in [0.2, 0.25) is 0 Å². The molecule has 0 radical (unpaired) electrons. The van der Waals surface area contributed by atoms with Crippen LogP contribution in [0.1, 0.15) is 25.0 Å². The van der Waals surface area contributed by atoms with Crippen LogP contribution < -0.4 is 5.32 Å². The average Bonchev–Trinajstić information content (AvgIpc) is 2.76. The maximum absolute atomic E-state index is 4.47. The molecule has 1 aromatic heterocycles. The first-order chi connectivity index (χ1) is 8.76. The van der Waals surface area contributed by atoms with Crippen molar-refractivity contribution in [2.45, 2.75) is 25.8 Å². The lowest BCUT2D eigenvalue weighted by atomic mass is 9.78. The van der Waals surface area contributed by atoms with Crippen LogP contribution in [0, 0.1) is 5.41 Å². The van der Waals surface area contributed by atoms with Gasteiger partial charge in [-0.1, -0.05) is 0 Å². The molecule has 18 heavy (non-hydrogen) atoms. The molecule has 2 aliphatic heterocycles. The van der Waals surface area contributed by atoms with Crippen LogP contribution in [0.4, 0.5) is 0 Å². The summed E-state index contributed by atoms with van der Waals surface area (Å²) in [5.41, 5.74) is 1.78. The van der Waals surface area contributed by atoms with Gasteiger partial charge in [-0.3, -0.25) is 9.88 Å². The molecule has 0 amide bonds. The van der Waals surface area contributed by atoms with Crippen LogP contribution in [0.25, 0.3) is 0 Å². The summed E-state index contributed by atoms with van der Waals surface area (Å²) in [5.74, 6) is 0. The van der Waals surface area contributed by atoms with Gasteiger partial charge < -0.3 is 5.32 Å². The molecule has 1 spiro atoms. The molecule has 3 nitrogen and oxygen atoms in total. The highest BCUT2D eigenvalue weighted by molar-refractivity contribution is 9.10. The van der Waals surface area contributed by atoms with Gasteiger partial charge in [0.15, 0.2) is 0 Å². The number of nitrogens with one attached hydrogen (secondary N) is 1. The Balaban J connectivity index is 1.60. The van der Waals surface area contributed by atoms with Gasteiger partial charge in [0.05, 0.1) is 5.69 Å². The number of hydrogen-bond donors (Lipinski definition) is 1. The van der Waals surface area contributed by atoms with Gasteiger partial charge in [0.25, 0.3) is 0 Å². The zero-order valence-electron chi connectivity index (χ0n) is 10.7. The zero-order valence-corrected chi connectivity index (χ0v) is 12.2. The van der Waals surface area contributed by atoms with E-state index in [1.165, 1.54) is 51.1 Å². The fourth-order valence-electron chi connectivity index (χ4n) is 3.26. The molecule has 2 fully saturated rings. The first-order valence-corrected chi connectivity index (χ1v) is 7.59. The van der Waals surface area contributed by atoms with Crippen molar-refractivity contribution in [2.75, 3.05) is 26.2 Å². The van der Waals surface area contributed by atoms with E-state index in [2.05, 4.69) is 43.3 Å². The Morgan fingerprint density at radius 2 is 2.11 bits per heavy atom. The van der Waals surface area contributed by atoms with Crippen LogP contribution in [0.15, 0.2) is 22.8 Å². The number of halogens is 1. The monoisotopic (exact) mass is 309 g/mol. The molecule has 4 heteroatoms. The van der Waals surface area contributed by atoms with E-state index in [1.54, 1.807) is 0 Å². The molecule has 0 aliphatic carbocycles. The molecule has 2 aliphatic rings. The topological polar surface area (TPSA) is 28.2 Å². The first kappa shape index (κ1) is 12.6. The summed E-state index contributed by atoms with van der Waals surface area (Å²) >= 11 is 3.43. The SMILES string of the molecule is Brc1ccc(CN2CCC3(CCNCC3)C2)nc1. The quantitative estimate of drug-likeness (QED) is 0.909. The van der Waals surface area contributed by atoms with Crippen LogP contribution >= 0.6 is 15.9 Å². The third kappa shape index (κ3) is 2.76.